The number of amides is 1. The van der Waals surface area contributed by atoms with Crippen LogP contribution in [0.2, 0.25) is 10.0 Å². The molecule has 3 rings (SSSR count). The summed E-state index contributed by atoms with van der Waals surface area (Å²) in [6.07, 6.45) is 0.748. The minimum Gasteiger partial charge on any atom is -0.444 e. The quantitative estimate of drug-likeness (QED) is 0.293. The van der Waals surface area contributed by atoms with E-state index in [1.807, 2.05) is 0 Å². The van der Waals surface area contributed by atoms with Gasteiger partial charge in [-0.3, -0.25) is 0 Å². The van der Waals surface area contributed by atoms with Gasteiger partial charge in [0.15, 0.2) is 9.84 Å². The predicted octanol–water partition coefficient (Wildman–Crippen LogP) is 6.53. The van der Waals surface area contributed by atoms with Crippen LogP contribution >= 0.6 is 23.2 Å². The Hall–Kier alpha value is -2.95. The number of likely N-dealkylation sites (N-methyl/N-ethyl adjacent to an activating group) is 2. The van der Waals surface area contributed by atoms with Crippen molar-refractivity contribution in [2.45, 2.75) is 36.5 Å². The molecule has 0 spiro atoms. The highest BCUT2D eigenvalue weighted by molar-refractivity contribution is 7.92. The van der Waals surface area contributed by atoms with Crippen LogP contribution in [0.1, 0.15) is 37.1 Å². The van der Waals surface area contributed by atoms with Crippen molar-refractivity contribution in [3.8, 4) is 0 Å². The van der Waals surface area contributed by atoms with Gasteiger partial charge in [0.05, 0.1) is 9.92 Å². The SMILES string of the molecule is CN(CCN(C)c1cc(C(c2cc(F)ccc2F)S(=O)(=O)c2ccc(Cl)cc2)c(Cl)cn1)C(=O)OC(C)(C)C. The maximum Gasteiger partial charge on any atom is 0.410 e. The molecule has 39 heavy (non-hydrogen) atoms. The molecule has 0 radical (unpaired) electrons. The highest BCUT2D eigenvalue weighted by Crippen LogP contribution is 2.40. The summed E-state index contributed by atoms with van der Waals surface area (Å²) < 4.78 is 62.4. The molecule has 1 heterocycles. The predicted molar refractivity (Wildman–Crippen MR) is 148 cm³/mol. The number of pyridine rings is 1. The Bertz CT molecular complexity index is 1450. The highest BCUT2D eigenvalue weighted by atomic mass is 35.5. The molecule has 0 saturated heterocycles. The number of rotatable bonds is 8. The van der Waals surface area contributed by atoms with Crippen molar-refractivity contribution in [2.24, 2.45) is 0 Å². The smallest absolute Gasteiger partial charge is 0.410 e. The van der Waals surface area contributed by atoms with Gasteiger partial charge in [-0.15, -0.1) is 0 Å². The summed E-state index contributed by atoms with van der Waals surface area (Å²) >= 11 is 12.4. The van der Waals surface area contributed by atoms with Crippen molar-refractivity contribution in [2.75, 3.05) is 32.1 Å². The van der Waals surface area contributed by atoms with E-state index in [0.717, 1.165) is 18.2 Å². The molecule has 1 unspecified atom stereocenters. The molecule has 7 nitrogen and oxygen atoms in total. The first-order valence-electron chi connectivity index (χ1n) is 11.9. The highest BCUT2D eigenvalue weighted by Gasteiger charge is 2.35. The molecule has 2 aromatic carbocycles. The molecule has 12 heteroatoms. The minimum absolute atomic E-state index is 0.00784. The van der Waals surface area contributed by atoms with Crippen molar-refractivity contribution in [3.05, 3.63) is 87.5 Å². The summed E-state index contributed by atoms with van der Waals surface area (Å²) in [6, 6.07) is 9.38. The maximum absolute atomic E-state index is 15.0. The van der Waals surface area contributed by atoms with Crippen LogP contribution in [0, 0.1) is 11.6 Å². The largest absolute Gasteiger partial charge is 0.444 e. The van der Waals surface area contributed by atoms with E-state index < -0.39 is 44.0 Å². The fourth-order valence-electron chi connectivity index (χ4n) is 3.68. The lowest BCUT2D eigenvalue weighted by atomic mass is 10.0. The number of anilines is 1. The number of hydrogen-bond donors (Lipinski definition) is 0. The number of hydrogen-bond acceptors (Lipinski definition) is 6. The molecule has 0 aliphatic heterocycles. The summed E-state index contributed by atoms with van der Waals surface area (Å²) in [5, 5.41) is -1.43. The third-order valence-corrected chi connectivity index (χ3v) is 8.34. The van der Waals surface area contributed by atoms with Gasteiger partial charge in [0.1, 0.15) is 28.3 Å². The van der Waals surface area contributed by atoms with Gasteiger partial charge in [0.25, 0.3) is 0 Å². The molecular weight excluding hydrogens is 571 g/mol. The van der Waals surface area contributed by atoms with E-state index in [4.69, 9.17) is 27.9 Å². The van der Waals surface area contributed by atoms with Gasteiger partial charge in [-0.05, 0) is 74.9 Å². The van der Waals surface area contributed by atoms with Crippen LogP contribution < -0.4 is 4.90 Å². The molecule has 1 aromatic heterocycles. The zero-order chi connectivity index (χ0) is 29.1. The first-order valence-corrected chi connectivity index (χ1v) is 14.2. The third-order valence-electron chi connectivity index (χ3n) is 5.71. The van der Waals surface area contributed by atoms with E-state index in [0.29, 0.717) is 17.4 Å². The van der Waals surface area contributed by atoms with Crippen LogP contribution in [0.5, 0.6) is 0 Å². The Morgan fingerprint density at radius 2 is 1.64 bits per heavy atom. The zero-order valence-electron chi connectivity index (χ0n) is 22.1. The minimum atomic E-state index is -4.35. The Balaban J connectivity index is 2.02. The number of sulfone groups is 1. The first kappa shape index (κ1) is 30.6. The summed E-state index contributed by atoms with van der Waals surface area (Å²) in [4.78, 5) is 19.5. The molecule has 1 amide bonds. The molecule has 0 aliphatic carbocycles. The topological polar surface area (TPSA) is 79.8 Å². The fraction of sp³-hybridized carbons (Fsp3) is 0.333. The summed E-state index contributed by atoms with van der Waals surface area (Å²) in [6.45, 7) is 5.85. The molecule has 0 aliphatic rings. The summed E-state index contributed by atoms with van der Waals surface area (Å²) in [5.41, 5.74) is -1.05. The molecular formula is C27H29Cl2F2N3O4S. The summed E-state index contributed by atoms with van der Waals surface area (Å²) in [7, 11) is -1.07. The van der Waals surface area contributed by atoms with Crippen LogP contribution in [0.4, 0.5) is 19.4 Å². The standard InChI is InChI=1S/C27H29Cl2F2N3O4S/c1-27(2,3)38-26(35)34(5)13-12-33(4)24-15-20(22(29)16-32-24)25(21-14-18(30)8-11-23(21)31)39(36,37)19-9-6-17(28)7-10-19/h6-11,14-16,25H,12-13H2,1-5H3. The lowest BCUT2D eigenvalue weighted by Crippen LogP contribution is -2.38. The van der Waals surface area contributed by atoms with Gasteiger partial charge in [0.2, 0.25) is 0 Å². The Labute approximate surface area is 237 Å². The van der Waals surface area contributed by atoms with Gasteiger partial charge >= 0.3 is 6.09 Å². The second-order valence-corrected chi connectivity index (χ2v) is 12.8. The number of carbonyl (C=O) groups is 1. The Kier molecular flexibility index (Phi) is 9.46. The van der Waals surface area contributed by atoms with Crippen LogP contribution in [-0.4, -0.2) is 57.2 Å². The van der Waals surface area contributed by atoms with Crippen LogP contribution in [-0.2, 0) is 14.6 Å². The van der Waals surface area contributed by atoms with Crippen molar-refractivity contribution >= 4 is 45.0 Å². The van der Waals surface area contributed by atoms with E-state index in [2.05, 4.69) is 4.98 Å². The van der Waals surface area contributed by atoms with Gasteiger partial charge < -0.3 is 14.5 Å². The van der Waals surface area contributed by atoms with Crippen LogP contribution in [0.15, 0.2) is 59.6 Å². The maximum atomic E-state index is 15.0. The van der Waals surface area contributed by atoms with E-state index in [-0.39, 0.29) is 22.0 Å². The fourth-order valence-corrected chi connectivity index (χ4v) is 5.91. The monoisotopic (exact) mass is 599 g/mol. The van der Waals surface area contributed by atoms with Crippen molar-refractivity contribution in [1.29, 1.82) is 0 Å². The van der Waals surface area contributed by atoms with Crippen molar-refractivity contribution < 1.29 is 26.7 Å². The van der Waals surface area contributed by atoms with Crippen molar-refractivity contribution in [3.63, 3.8) is 0 Å². The molecule has 0 N–H and O–H groups in total. The number of carbonyl (C=O) groups excluding carboxylic acids is 1. The number of nitrogens with zero attached hydrogens (tertiary/aromatic N) is 3. The number of aromatic nitrogens is 1. The average molecular weight is 601 g/mol. The lowest BCUT2D eigenvalue weighted by molar-refractivity contribution is 0.0303. The molecule has 0 fully saturated rings. The van der Waals surface area contributed by atoms with E-state index >= 15 is 4.39 Å². The van der Waals surface area contributed by atoms with Crippen molar-refractivity contribution in [1.82, 2.24) is 9.88 Å². The molecule has 0 saturated carbocycles. The Morgan fingerprint density at radius 3 is 2.26 bits per heavy atom. The number of halogens is 4. The lowest BCUT2D eigenvalue weighted by Gasteiger charge is -2.27. The average Bonchev–Trinajstić information content (AvgIpc) is 2.84. The van der Waals surface area contributed by atoms with Gasteiger partial charge in [-0.2, -0.15) is 0 Å². The second kappa shape index (κ2) is 12.1. The third kappa shape index (κ3) is 7.58. The molecule has 3 aromatic rings. The van der Waals surface area contributed by atoms with E-state index in [1.54, 1.807) is 39.8 Å². The zero-order valence-corrected chi connectivity index (χ0v) is 24.4. The number of benzene rings is 2. The van der Waals surface area contributed by atoms with Gasteiger partial charge in [0, 0.05) is 44.0 Å². The van der Waals surface area contributed by atoms with Crippen LogP contribution in [0.3, 0.4) is 0 Å². The number of ether oxygens (including phenoxy) is 1. The summed E-state index contributed by atoms with van der Waals surface area (Å²) in [5.74, 6) is -1.42. The molecule has 0 bridgehead atoms. The molecule has 1 atom stereocenters. The molecule has 210 valence electrons. The van der Waals surface area contributed by atoms with E-state index in [1.165, 1.54) is 41.4 Å². The first-order chi connectivity index (χ1) is 18.1. The van der Waals surface area contributed by atoms with Crippen LogP contribution in [0.25, 0.3) is 0 Å². The van der Waals surface area contributed by atoms with Gasteiger partial charge in [-0.1, -0.05) is 23.2 Å². The second-order valence-electron chi connectivity index (χ2n) is 9.93. The van der Waals surface area contributed by atoms with Gasteiger partial charge in [-0.25, -0.2) is 27.0 Å². The normalized spacial score (nSPS) is 12.6. The van der Waals surface area contributed by atoms with E-state index in [9.17, 15) is 17.6 Å². The Morgan fingerprint density at radius 1 is 1.00 bits per heavy atom.